The zero-order valence-electron chi connectivity index (χ0n) is 12.1. The number of piperazine rings is 1. The number of hydrogen-bond donors (Lipinski definition) is 0. The third-order valence-corrected chi connectivity index (χ3v) is 4.12. The van der Waals surface area contributed by atoms with Gasteiger partial charge in [0.1, 0.15) is 6.26 Å². The Hall–Kier alpha value is -2.54. The van der Waals surface area contributed by atoms with Crippen LogP contribution in [0, 0.1) is 10.1 Å². The van der Waals surface area contributed by atoms with E-state index in [1.807, 2.05) is 4.90 Å². The van der Waals surface area contributed by atoms with Crippen molar-refractivity contribution < 1.29 is 14.1 Å². The SMILES string of the molecule is O=C(c1ccoc1)N1CCN(c2ccc([N+](=O)[O-])cc2Cl)CC1. The molecule has 23 heavy (non-hydrogen) atoms. The van der Waals surface area contributed by atoms with Gasteiger partial charge in [-0.3, -0.25) is 14.9 Å². The highest BCUT2D eigenvalue weighted by molar-refractivity contribution is 6.33. The lowest BCUT2D eigenvalue weighted by Crippen LogP contribution is -2.48. The lowest BCUT2D eigenvalue weighted by Gasteiger charge is -2.36. The summed E-state index contributed by atoms with van der Waals surface area (Å²) in [4.78, 5) is 26.3. The van der Waals surface area contributed by atoms with Crippen LogP contribution in [0.5, 0.6) is 0 Å². The van der Waals surface area contributed by atoms with Crippen LogP contribution in [0.2, 0.25) is 5.02 Å². The van der Waals surface area contributed by atoms with Crippen molar-refractivity contribution in [1.29, 1.82) is 0 Å². The fourth-order valence-electron chi connectivity index (χ4n) is 2.59. The van der Waals surface area contributed by atoms with E-state index in [2.05, 4.69) is 0 Å². The summed E-state index contributed by atoms with van der Waals surface area (Å²) >= 11 is 6.15. The zero-order chi connectivity index (χ0) is 16.4. The summed E-state index contributed by atoms with van der Waals surface area (Å²) < 4.78 is 4.93. The van der Waals surface area contributed by atoms with Gasteiger partial charge in [-0.05, 0) is 12.1 Å². The van der Waals surface area contributed by atoms with Gasteiger partial charge in [-0.2, -0.15) is 0 Å². The minimum atomic E-state index is -0.475. The topological polar surface area (TPSA) is 79.8 Å². The van der Waals surface area contributed by atoms with Crippen LogP contribution in [-0.4, -0.2) is 41.9 Å². The van der Waals surface area contributed by atoms with Crippen LogP contribution in [0.3, 0.4) is 0 Å². The number of non-ortho nitro benzene ring substituents is 1. The number of carbonyl (C=O) groups is 1. The van der Waals surface area contributed by atoms with Gasteiger partial charge in [-0.1, -0.05) is 11.6 Å². The van der Waals surface area contributed by atoms with Gasteiger partial charge in [0.05, 0.1) is 27.5 Å². The molecule has 1 aromatic carbocycles. The number of nitro benzene ring substituents is 1. The van der Waals surface area contributed by atoms with Gasteiger partial charge in [0.25, 0.3) is 11.6 Å². The van der Waals surface area contributed by atoms with Gasteiger partial charge in [0.2, 0.25) is 0 Å². The van der Waals surface area contributed by atoms with Crippen LogP contribution in [0.1, 0.15) is 10.4 Å². The van der Waals surface area contributed by atoms with E-state index >= 15 is 0 Å². The highest BCUT2D eigenvalue weighted by Gasteiger charge is 2.24. The Morgan fingerprint density at radius 1 is 1.22 bits per heavy atom. The number of hydrogen-bond acceptors (Lipinski definition) is 5. The summed E-state index contributed by atoms with van der Waals surface area (Å²) in [6.45, 7) is 2.33. The molecule has 8 heteroatoms. The number of amides is 1. The molecule has 0 N–H and O–H groups in total. The number of nitro groups is 1. The number of nitrogens with zero attached hydrogens (tertiary/aromatic N) is 3. The maximum atomic E-state index is 12.2. The molecule has 0 aliphatic carbocycles. The van der Waals surface area contributed by atoms with E-state index in [1.165, 1.54) is 24.7 Å². The molecule has 1 aliphatic rings. The number of carbonyl (C=O) groups excluding carboxylic acids is 1. The van der Waals surface area contributed by atoms with Gasteiger partial charge in [-0.15, -0.1) is 0 Å². The molecule has 1 fully saturated rings. The first-order valence-corrected chi connectivity index (χ1v) is 7.44. The molecule has 0 atom stereocenters. The highest BCUT2D eigenvalue weighted by atomic mass is 35.5. The van der Waals surface area contributed by atoms with E-state index in [9.17, 15) is 14.9 Å². The zero-order valence-corrected chi connectivity index (χ0v) is 12.9. The van der Waals surface area contributed by atoms with E-state index in [4.69, 9.17) is 16.0 Å². The van der Waals surface area contributed by atoms with E-state index in [0.29, 0.717) is 36.8 Å². The van der Waals surface area contributed by atoms with Crippen LogP contribution in [0.25, 0.3) is 0 Å². The predicted molar refractivity (Wildman–Crippen MR) is 84.9 cm³/mol. The summed E-state index contributed by atoms with van der Waals surface area (Å²) in [6.07, 6.45) is 2.90. The minimum Gasteiger partial charge on any atom is -0.472 e. The molecule has 1 saturated heterocycles. The molecule has 1 aliphatic heterocycles. The standard InChI is InChI=1S/C15H14ClN3O4/c16-13-9-12(19(21)22)1-2-14(13)17-4-6-18(7-5-17)15(20)11-3-8-23-10-11/h1-3,8-10H,4-7H2. The molecule has 3 rings (SSSR count). The van der Waals surface area contributed by atoms with Gasteiger partial charge in [0, 0.05) is 38.3 Å². The van der Waals surface area contributed by atoms with Gasteiger partial charge < -0.3 is 14.2 Å². The van der Waals surface area contributed by atoms with E-state index in [1.54, 1.807) is 17.0 Å². The molecular weight excluding hydrogens is 322 g/mol. The first-order chi connectivity index (χ1) is 11.1. The molecule has 7 nitrogen and oxygen atoms in total. The normalized spacial score (nSPS) is 14.8. The Morgan fingerprint density at radius 2 is 1.96 bits per heavy atom. The molecule has 1 amide bonds. The van der Waals surface area contributed by atoms with Crippen molar-refractivity contribution in [2.24, 2.45) is 0 Å². The Labute approximate surface area is 137 Å². The molecule has 0 bridgehead atoms. The summed E-state index contributed by atoms with van der Waals surface area (Å²) in [5, 5.41) is 11.1. The molecule has 0 spiro atoms. The average Bonchev–Trinajstić information content (AvgIpc) is 3.08. The van der Waals surface area contributed by atoms with Crippen molar-refractivity contribution in [2.45, 2.75) is 0 Å². The maximum Gasteiger partial charge on any atom is 0.271 e. The summed E-state index contributed by atoms with van der Waals surface area (Å²) in [7, 11) is 0. The average molecular weight is 336 g/mol. The number of furan rings is 1. The number of benzene rings is 1. The quantitative estimate of drug-likeness (QED) is 0.636. The third kappa shape index (κ3) is 3.14. The van der Waals surface area contributed by atoms with Gasteiger partial charge in [-0.25, -0.2) is 0 Å². The second-order valence-corrected chi connectivity index (χ2v) is 5.59. The lowest BCUT2D eigenvalue weighted by atomic mass is 10.2. The molecule has 2 heterocycles. The van der Waals surface area contributed by atoms with Crippen LogP contribution in [-0.2, 0) is 0 Å². The highest BCUT2D eigenvalue weighted by Crippen LogP contribution is 2.30. The van der Waals surface area contributed by atoms with E-state index in [-0.39, 0.29) is 11.6 Å². The minimum absolute atomic E-state index is 0.0347. The summed E-state index contributed by atoms with van der Waals surface area (Å²) in [5.41, 5.74) is 1.24. The van der Waals surface area contributed by atoms with Crippen molar-refractivity contribution in [3.63, 3.8) is 0 Å². The number of anilines is 1. The first kappa shape index (κ1) is 15.4. The van der Waals surface area contributed by atoms with Crippen LogP contribution < -0.4 is 4.90 Å². The second kappa shape index (κ2) is 6.29. The fourth-order valence-corrected chi connectivity index (χ4v) is 2.88. The molecular formula is C15H14ClN3O4. The molecule has 1 aromatic heterocycles. The Morgan fingerprint density at radius 3 is 2.52 bits per heavy atom. The Kier molecular flexibility index (Phi) is 4.20. The fraction of sp³-hybridized carbons (Fsp3) is 0.267. The van der Waals surface area contributed by atoms with Gasteiger partial charge in [0.15, 0.2) is 0 Å². The summed E-state index contributed by atoms with van der Waals surface area (Å²) in [6, 6.07) is 6.07. The second-order valence-electron chi connectivity index (χ2n) is 5.18. The van der Waals surface area contributed by atoms with Crippen LogP contribution in [0.4, 0.5) is 11.4 Å². The Bertz CT molecular complexity index is 724. The number of rotatable bonds is 3. The van der Waals surface area contributed by atoms with Crippen molar-refractivity contribution >= 4 is 28.9 Å². The van der Waals surface area contributed by atoms with Crippen molar-refractivity contribution in [2.75, 3.05) is 31.1 Å². The third-order valence-electron chi connectivity index (χ3n) is 3.82. The van der Waals surface area contributed by atoms with Crippen LogP contribution >= 0.6 is 11.6 Å². The van der Waals surface area contributed by atoms with Crippen molar-refractivity contribution in [3.8, 4) is 0 Å². The van der Waals surface area contributed by atoms with Crippen molar-refractivity contribution in [1.82, 2.24) is 4.90 Å². The predicted octanol–water partition coefficient (Wildman–Crippen LogP) is 2.80. The molecule has 0 radical (unpaired) electrons. The van der Waals surface area contributed by atoms with E-state index < -0.39 is 4.92 Å². The first-order valence-electron chi connectivity index (χ1n) is 7.06. The molecule has 2 aromatic rings. The lowest BCUT2D eigenvalue weighted by molar-refractivity contribution is -0.384. The largest absolute Gasteiger partial charge is 0.472 e. The van der Waals surface area contributed by atoms with Crippen molar-refractivity contribution in [3.05, 3.63) is 57.5 Å². The maximum absolute atomic E-state index is 12.2. The Balaban J connectivity index is 1.67. The smallest absolute Gasteiger partial charge is 0.271 e. The van der Waals surface area contributed by atoms with E-state index in [0.717, 1.165) is 5.69 Å². The van der Waals surface area contributed by atoms with Gasteiger partial charge >= 0.3 is 0 Å². The molecule has 120 valence electrons. The number of halogens is 1. The molecule has 0 unspecified atom stereocenters. The van der Waals surface area contributed by atoms with Crippen LogP contribution in [0.15, 0.2) is 41.2 Å². The monoisotopic (exact) mass is 335 g/mol. The molecule has 0 saturated carbocycles. The summed E-state index contributed by atoms with van der Waals surface area (Å²) in [5.74, 6) is -0.0619.